The molecule has 0 aliphatic heterocycles. The average Bonchev–Trinajstić information content (AvgIpc) is 2.17. The van der Waals surface area contributed by atoms with E-state index < -0.39 is 0 Å². The van der Waals surface area contributed by atoms with Crippen molar-refractivity contribution < 1.29 is 9.90 Å². The Morgan fingerprint density at radius 2 is 2.29 bits per heavy atom. The van der Waals surface area contributed by atoms with Crippen molar-refractivity contribution in [2.45, 2.75) is 19.4 Å². The number of hydrogen-bond donors (Lipinski definition) is 2. The maximum absolute atomic E-state index is 10.6. The lowest BCUT2D eigenvalue weighted by molar-refractivity contribution is -0.109. The zero-order valence-corrected chi connectivity index (χ0v) is 8.45. The van der Waals surface area contributed by atoms with Gasteiger partial charge in [-0.2, -0.15) is 0 Å². The van der Waals surface area contributed by atoms with Crippen LogP contribution in [-0.4, -0.2) is 24.5 Å². The normalized spacial score (nSPS) is 12.4. The standard InChI is InChI=1S/C11H15NO2/c1-8-5-11(14)4-3-9(8)6-10(7-13)12-2/h3-5,7,10,12,14H,6H2,1-2H3/t10-/m0/s1. The molecular weight excluding hydrogens is 178 g/mol. The molecule has 0 aromatic heterocycles. The van der Waals surface area contributed by atoms with Crippen molar-refractivity contribution in [2.24, 2.45) is 0 Å². The zero-order chi connectivity index (χ0) is 10.6. The van der Waals surface area contributed by atoms with Crippen molar-refractivity contribution in [1.82, 2.24) is 5.32 Å². The first-order chi connectivity index (χ1) is 6.67. The molecule has 1 atom stereocenters. The van der Waals surface area contributed by atoms with E-state index in [0.29, 0.717) is 6.42 Å². The summed E-state index contributed by atoms with van der Waals surface area (Å²) in [4.78, 5) is 10.6. The molecule has 0 aliphatic rings. The molecule has 1 aromatic carbocycles. The van der Waals surface area contributed by atoms with Crippen LogP contribution in [-0.2, 0) is 11.2 Å². The minimum absolute atomic E-state index is 0.154. The van der Waals surface area contributed by atoms with Crippen molar-refractivity contribution in [2.75, 3.05) is 7.05 Å². The Morgan fingerprint density at radius 3 is 2.79 bits per heavy atom. The number of carbonyl (C=O) groups is 1. The maximum Gasteiger partial charge on any atom is 0.137 e. The van der Waals surface area contributed by atoms with Crippen LogP contribution in [0.2, 0.25) is 0 Å². The van der Waals surface area contributed by atoms with Crippen LogP contribution in [0.5, 0.6) is 5.75 Å². The summed E-state index contributed by atoms with van der Waals surface area (Å²) in [6.45, 7) is 1.92. The summed E-state index contributed by atoms with van der Waals surface area (Å²) in [7, 11) is 1.76. The number of hydrogen-bond acceptors (Lipinski definition) is 3. The third kappa shape index (κ3) is 2.57. The second-order valence-corrected chi connectivity index (χ2v) is 3.35. The fraction of sp³-hybridized carbons (Fsp3) is 0.364. The van der Waals surface area contributed by atoms with E-state index in [-0.39, 0.29) is 11.8 Å². The smallest absolute Gasteiger partial charge is 0.137 e. The van der Waals surface area contributed by atoms with Crippen LogP contribution >= 0.6 is 0 Å². The maximum atomic E-state index is 10.6. The number of phenols is 1. The second-order valence-electron chi connectivity index (χ2n) is 3.35. The summed E-state index contributed by atoms with van der Waals surface area (Å²) in [6.07, 6.45) is 1.55. The lowest BCUT2D eigenvalue weighted by Gasteiger charge is -2.11. The molecular formula is C11H15NO2. The van der Waals surface area contributed by atoms with Gasteiger partial charge >= 0.3 is 0 Å². The zero-order valence-electron chi connectivity index (χ0n) is 8.45. The Hall–Kier alpha value is -1.35. The van der Waals surface area contributed by atoms with Crippen LogP contribution in [0.3, 0.4) is 0 Å². The molecule has 0 spiro atoms. The van der Waals surface area contributed by atoms with Crippen LogP contribution in [0.15, 0.2) is 18.2 Å². The van der Waals surface area contributed by atoms with Crippen molar-refractivity contribution in [1.29, 1.82) is 0 Å². The van der Waals surface area contributed by atoms with E-state index in [1.807, 2.05) is 13.0 Å². The van der Waals surface area contributed by atoms with Gasteiger partial charge in [-0.1, -0.05) is 6.07 Å². The van der Waals surface area contributed by atoms with E-state index >= 15 is 0 Å². The highest BCUT2D eigenvalue weighted by atomic mass is 16.3. The number of aromatic hydroxyl groups is 1. The van der Waals surface area contributed by atoms with Gasteiger partial charge in [0.05, 0.1) is 6.04 Å². The van der Waals surface area contributed by atoms with E-state index in [2.05, 4.69) is 5.32 Å². The van der Waals surface area contributed by atoms with E-state index in [4.69, 9.17) is 0 Å². The number of likely N-dealkylation sites (N-methyl/N-ethyl adjacent to an activating group) is 1. The summed E-state index contributed by atoms with van der Waals surface area (Å²) in [5.41, 5.74) is 2.08. The van der Waals surface area contributed by atoms with Gasteiger partial charge in [0, 0.05) is 0 Å². The highest BCUT2D eigenvalue weighted by molar-refractivity contribution is 5.58. The first-order valence-electron chi connectivity index (χ1n) is 4.58. The minimum Gasteiger partial charge on any atom is -0.508 e. The number of benzene rings is 1. The number of aryl methyl sites for hydroxylation is 1. The van der Waals surface area contributed by atoms with Crippen LogP contribution in [0.4, 0.5) is 0 Å². The van der Waals surface area contributed by atoms with Gasteiger partial charge in [0.1, 0.15) is 12.0 Å². The van der Waals surface area contributed by atoms with Crippen LogP contribution in [0.1, 0.15) is 11.1 Å². The molecule has 1 aromatic rings. The minimum atomic E-state index is -0.154. The topological polar surface area (TPSA) is 49.3 Å². The van der Waals surface area contributed by atoms with Crippen LogP contribution in [0.25, 0.3) is 0 Å². The lowest BCUT2D eigenvalue weighted by atomic mass is 10.0. The molecule has 14 heavy (non-hydrogen) atoms. The number of aldehydes is 1. The summed E-state index contributed by atoms with van der Waals surface area (Å²) in [5, 5.41) is 12.1. The van der Waals surface area contributed by atoms with Gasteiger partial charge in [0.25, 0.3) is 0 Å². The SMILES string of the molecule is CN[C@H](C=O)Cc1ccc(O)cc1C. The Labute approximate surface area is 83.8 Å². The average molecular weight is 193 g/mol. The number of nitrogens with one attached hydrogen (secondary N) is 1. The Bertz CT molecular complexity index is 323. The van der Waals surface area contributed by atoms with Gasteiger partial charge < -0.3 is 15.2 Å². The number of carbonyl (C=O) groups excluding carboxylic acids is 1. The molecule has 0 amide bonds. The van der Waals surface area contributed by atoms with Crippen molar-refractivity contribution >= 4 is 6.29 Å². The fourth-order valence-electron chi connectivity index (χ4n) is 1.36. The van der Waals surface area contributed by atoms with Crippen molar-refractivity contribution in [3.8, 4) is 5.75 Å². The summed E-state index contributed by atoms with van der Waals surface area (Å²) >= 11 is 0. The highest BCUT2D eigenvalue weighted by Gasteiger charge is 2.07. The number of rotatable bonds is 4. The number of phenolic OH excluding ortho intramolecular Hbond substituents is 1. The molecule has 0 saturated heterocycles. The van der Waals surface area contributed by atoms with E-state index in [9.17, 15) is 9.90 Å². The predicted octanol–water partition coefficient (Wildman–Crippen LogP) is 1.03. The summed E-state index contributed by atoms with van der Waals surface area (Å²) < 4.78 is 0. The second kappa shape index (κ2) is 4.77. The molecule has 0 fully saturated rings. The monoisotopic (exact) mass is 193 g/mol. The largest absolute Gasteiger partial charge is 0.508 e. The molecule has 1 rings (SSSR count). The van der Waals surface area contributed by atoms with Crippen LogP contribution < -0.4 is 5.32 Å². The van der Waals surface area contributed by atoms with Crippen LogP contribution in [0, 0.1) is 6.92 Å². The first-order valence-corrected chi connectivity index (χ1v) is 4.58. The Balaban J connectivity index is 2.80. The molecule has 76 valence electrons. The summed E-state index contributed by atoms with van der Waals surface area (Å²) in [6, 6.07) is 5.03. The third-order valence-corrected chi connectivity index (χ3v) is 2.30. The molecule has 0 heterocycles. The quantitative estimate of drug-likeness (QED) is 0.702. The molecule has 0 bridgehead atoms. The molecule has 3 nitrogen and oxygen atoms in total. The van der Waals surface area contributed by atoms with Crippen molar-refractivity contribution in [3.05, 3.63) is 29.3 Å². The molecule has 3 heteroatoms. The van der Waals surface area contributed by atoms with Gasteiger partial charge in [-0.05, 0) is 43.7 Å². The predicted molar refractivity (Wildman–Crippen MR) is 55.5 cm³/mol. The molecule has 0 aliphatic carbocycles. The Kier molecular flexibility index (Phi) is 3.65. The van der Waals surface area contributed by atoms with Gasteiger partial charge in [-0.3, -0.25) is 0 Å². The highest BCUT2D eigenvalue weighted by Crippen LogP contribution is 2.16. The molecule has 0 unspecified atom stereocenters. The van der Waals surface area contributed by atoms with Gasteiger partial charge in [-0.15, -0.1) is 0 Å². The van der Waals surface area contributed by atoms with E-state index in [1.165, 1.54) is 0 Å². The lowest BCUT2D eigenvalue weighted by Crippen LogP contribution is -2.29. The van der Waals surface area contributed by atoms with Gasteiger partial charge in [0.2, 0.25) is 0 Å². The van der Waals surface area contributed by atoms with Crippen molar-refractivity contribution in [3.63, 3.8) is 0 Å². The summed E-state index contributed by atoms with van der Waals surface area (Å²) in [5.74, 6) is 0.262. The van der Waals surface area contributed by atoms with Gasteiger partial charge in [0.15, 0.2) is 0 Å². The molecule has 0 radical (unpaired) electrons. The Morgan fingerprint density at radius 1 is 1.57 bits per heavy atom. The molecule has 2 N–H and O–H groups in total. The third-order valence-electron chi connectivity index (χ3n) is 2.30. The molecule has 0 saturated carbocycles. The fourth-order valence-corrected chi connectivity index (χ4v) is 1.36. The van der Waals surface area contributed by atoms with Gasteiger partial charge in [-0.25, -0.2) is 0 Å². The van der Waals surface area contributed by atoms with E-state index in [1.54, 1.807) is 19.2 Å². The van der Waals surface area contributed by atoms with E-state index in [0.717, 1.165) is 17.4 Å². The first kappa shape index (κ1) is 10.7.